The molecule has 140 valence electrons. The first-order chi connectivity index (χ1) is 13.1. The number of rotatable bonds is 7. The predicted molar refractivity (Wildman–Crippen MR) is 102 cm³/mol. The standard InChI is InChI=1S/C21H21NO5/c1-3-22(13-15-4-8-17(25-2)9-5-15)20(23)14-26-18-10-6-16-7-11-21(24)27-19(16)12-18/h4-12H,3,13-14H2,1-2H3. The Morgan fingerprint density at radius 1 is 1.04 bits per heavy atom. The minimum Gasteiger partial charge on any atom is -0.497 e. The monoisotopic (exact) mass is 367 g/mol. The molecule has 1 heterocycles. The molecule has 0 atom stereocenters. The van der Waals surface area contributed by atoms with Crippen LogP contribution in [0.5, 0.6) is 11.5 Å². The third-order valence-corrected chi connectivity index (χ3v) is 4.22. The summed E-state index contributed by atoms with van der Waals surface area (Å²) in [5.74, 6) is 1.13. The number of carbonyl (C=O) groups excluding carboxylic acids is 1. The Morgan fingerprint density at radius 3 is 2.44 bits per heavy atom. The van der Waals surface area contributed by atoms with Gasteiger partial charge in [-0.25, -0.2) is 4.79 Å². The van der Waals surface area contributed by atoms with Crippen LogP contribution in [0.25, 0.3) is 11.0 Å². The summed E-state index contributed by atoms with van der Waals surface area (Å²) in [7, 11) is 1.62. The molecule has 0 N–H and O–H groups in total. The third kappa shape index (κ3) is 4.67. The Morgan fingerprint density at radius 2 is 1.74 bits per heavy atom. The minimum absolute atomic E-state index is 0.0907. The van der Waals surface area contributed by atoms with Crippen molar-refractivity contribution in [2.24, 2.45) is 0 Å². The lowest BCUT2D eigenvalue weighted by Gasteiger charge is -2.21. The zero-order chi connectivity index (χ0) is 19.2. The summed E-state index contributed by atoms with van der Waals surface area (Å²) in [4.78, 5) is 25.5. The molecular weight excluding hydrogens is 346 g/mol. The van der Waals surface area contributed by atoms with Crippen molar-refractivity contribution in [3.8, 4) is 11.5 Å². The lowest BCUT2D eigenvalue weighted by molar-refractivity contribution is -0.133. The van der Waals surface area contributed by atoms with Crippen molar-refractivity contribution in [1.82, 2.24) is 4.90 Å². The van der Waals surface area contributed by atoms with Crippen molar-refractivity contribution < 1.29 is 18.7 Å². The van der Waals surface area contributed by atoms with E-state index in [1.54, 1.807) is 36.3 Å². The molecule has 0 bridgehead atoms. The fraction of sp³-hybridized carbons (Fsp3) is 0.238. The molecule has 3 aromatic rings. The van der Waals surface area contributed by atoms with Crippen LogP contribution in [0.15, 0.2) is 63.8 Å². The molecule has 0 unspecified atom stereocenters. The number of nitrogens with zero attached hydrogens (tertiary/aromatic N) is 1. The fourth-order valence-electron chi connectivity index (χ4n) is 2.69. The largest absolute Gasteiger partial charge is 0.497 e. The van der Waals surface area contributed by atoms with E-state index in [1.807, 2.05) is 31.2 Å². The van der Waals surface area contributed by atoms with Crippen molar-refractivity contribution in [3.63, 3.8) is 0 Å². The van der Waals surface area contributed by atoms with Crippen LogP contribution in [0.3, 0.4) is 0 Å². The van der Waals surface area contributed by atoms with Gasteiger partial charge in [0.05, 0.1) is 7.11 Å². The number of carbonyl (C=O) groups is 1. The summed E-state index contributed by atoms with van der Waals surface area (Å²) in [6.07, 6.45) is 0. The maximum Gasteiger partial charge on any atom is 0.336 e. The van der Waals surface area contributed by atoms with Gasteiger partial charge in [-0.3, -0.25) is 4.79 Å². The van der Waals surface area contributed by atoms with E-state index >= 15 is 0 Å². The zero-order valence-electron chi connectivity index (χ0n) is 15.3. The minimum atomic E-state index is -0.424. The quantitative estimate of drug-likeness (QED) is 0.600. The van der Waals surface area contributed by atoms with Crippen molar-refractivity contribution in [2.75, 3.05) is 20.3 Å². The summed E-state index contributed by atoms with van der Waals surface area (Å²) in [6, 6.07) is 15.8. The van der Waals surface area contributed by atoms with Gasteiger partial charge in [-0.05, 0) is 42.8 Å². The SMILES string of the molecule is CCN(Cc1ccc(OC)cc1)C(=O)COc1ccc2ccc(=O)oc2c1. The second kappa shape index (κ2) is 8.40. The topological polar surface area (TPSA) is 69.0 Å². The second-order valence-corrected chi connectivity index (χ2v) is 6.00. The zero-order valence-corrected chi connectivity index (χ0v) is 15.3. The molecule has 3 rings (SSSR count). The van der Waals surface area contributed by atoms with E-state index in [0.717, 1.165) is 16.7 Å². The van der Waals surface area contributed by atoms with Crippen molar-refractivity contribution in [3.05, 3.63) is 70.6 Å². The molecule has 0 aliphatic carbocycles. The molecule has 27 heavy (non-hydrogen) atoms. The number of likely N-dealkylation sites (N-methyl/N-ethyl adjacent to an activating group) is 1. The Balaban J connectivity index is 1.63. The number of benzene rings is 2. The summed E-state index contributed by atoms with van der Waals surface area (Å²) >= 11 is 0. The molecule has 0 aliphatic heterocycles. The Labute approximate surface area is 156 Å². The number of amides is 1. The smallest absolute Gasteiger partial charge is 0.336 e. The van der Waals surface area contributed by atoms with Gasteiger partial charge in [-0.2, -0.15) is 0 Å². The van der Waals surface area contributed by atoms with Gasteiger partial charge in [-0.1, -0.05) is 12.1 Å². The molecule has 0 radical (unpaired) electrons. The highest BCUT2D eigenvalue weighted by Crippen LogP contribution is 2.19. The van der Waals surface area contributed by atoms with Gasteiger partial charge in [0.1, 0.15) is 17.1 Å². The Bertz CT molecular complexity index is 978. The van der Waals surface area contributed by atoms with E-state index in [1.165, 1.54) is 6.07 Å². The van der Waals surface area contributed by atoms with Crippen LogP contribution in [-0.4, -0.2) is 31.1 Å². The first-order valence-corrected chi connectivity index (χ1v) is 8.66. The number of hydrogen-bond acceptors (Lipinski definition) is 5. The normalized spacial score (nSPS) is 10.6. The van der Waals surface area contributed by atoms with Crippen LogP contribution in [0.4, 0.5) is 0 Å². The van der Waals surface area contributed by atoms with Crippen LogP contribution in [0.1, 0.15) is 12.5 Å². The van der Waals surface area contributed by atoms with E-state index in [2.05, 4.69) is 0 Å². The molecule has 2 aromatic carbocycles. The molecule has 0 saturated heterocycles. The van der Waals surface area contributed by atoms with E-state index in [0.29, 0.717) is 24.4 Å². The van der Waals surface area contributed by atoms with Crippen LogP contribution in [-0.2, 0) is 11.3 Å². The maximum atomic E-state index is 12.5. The lowest BCUT2D eigenvalue weighted by atomic mass is 10.2. The van der Waals surface area contributed by atoms with Gasteiger partial charge in [-0.15, -0.1) is 0 Å². The van der Waals surface area contributed by atoms with Gasteiger partial charge < -0.3 is 18.8 Å². The van der Waals surface area contributed by atoms with Gasteiger partial charge in [0.2, 0.25) is 0 Å². The van der Waals surface area contributed by atoms with E-state index in [-0.39, 0.29) is 12.5 Å². The van der Waals surface area contributed by atoms with Crippen LogP contribution < -0.4 is 15.1 Å². The van der Waals surface area contributed by atoms with Crippen LogP contribution in [0.2, 0.25) is 0 Å². The van der Waals surface area contributed by atoms with Crippen molar-refractivity contribution in [2.45, 2.75) is 13.5 Å². The van der Waals surface area contributed by atoms with Crippen molar-refractivity contribution >= 4 is 16.9 Å². The summed E-state index contributed by atoms with van der Waals surface area (Å²) in [5.41, 5.74) is 1.02. The Kier molecular flexibility index (Phi) is 5.76. The molecule has 1 aromatic heterocycles. The number of methoxy groups -OCH3 is 1. The first-order valence-electron chi connectivity index (χ1n) is 8.66. The molecule has 0 spiro atoms. The number of fused-ring (bicyclic) bond motifs is 1. The molecule has 0 fully saturated rings. The number of ether oxygens (including phenoxy) is 2. The molecule has 6 heteroatoms. The second-order valence-electron chi connectivity index (χ2n) is 6.00. The van der Waals surface area contributed by atoms with Gasteiger partial charge in [0.25, 0.3) is 5.91 Å². The van der Waals surface area contributed by atoms with Gasteiger partial charge >= 0.3 is 5.63 Å². The summed E-state index contributed by atoms with van der Waals surface area (Å²) < 4.78 is 15.9. The fourth-order valence-corrected chi connectivity index (χ4v) is 2.69. The van der Waals surface area contributed by atoms with E-state index in [4.69, 9.17) is 13.9 Å². The highest BCUT2D eigenvalue weighted by Gasteiger charge is 2.13. The van der Waals surface area contributed by atoms with E-state index in [9.17, 15) is 9.59 Å². The summed E-state index contributed by atoms with van der Waals surface area (Å²) in [5, 5.41) is 0.794. The van der Waals surface area contributed by atoms with Crippen LogP contribution >= 0.6 is 0 Å². The lowest BCUT2D eigenvalue weighted by Crippen LogP contribution is -2.34. The molecular formula is C21H21NO5. The molecule has 1 amide bonds. The summed E-state index contributed by atoms with van der Waals surface area (Å²) in [6.45, 7) is 2.90. The predicted octanol–water partition coefficient (Wildman–Crippen LogP) is 3.23. The van der Waals surface area contributed by atoms with Gasteiger partial charge in [0, 0.05) is 30.6 Å². The van der Waals surface area contributed by atoms with E-state index < -0.39 is 5.63 Å². The first kappa shape index (κ1) is 18.5. The highest BCUT2D eigenvalue weighted by atomic mass is 16.5. The van der Waals surface area contributed by atoms with Crippen molar-refractivity contribution in [1.29, 1.82) is 0 Å². The van der Waals surface area contributed by atoms with Gasteiger partial charge in [0.15, 0.2) is 6.61 Å². The molecule has 0 saturated carbocycles. The highest BCUT2D eigenvalue weighted by molar-refractivity contribution is 5.79. The number of hydrogen-bond donors (Lipinski definition) is 0. The van der Waals surface area contributed by atoms with Crippen LogP contribution in [0, 0.1) is 0 Å². The Hall–Kier alpha value is -3.28. The molecule has 6 nitrogen and oxygen atoms in total. The average molecular weight is 367 g/mol. The third-order valence-electron chi connectivity index (χ3n) is 4.22. The maximum absolute atomic E-state index is 12.5. The molecule has 0 aliphatic rings. The average Bonchev–Trinajstić information content (AvgIpc) is 2.70.